The maximum Gasteiger partial charge on any atom is 0.0806 e. The van der Waals surface area contributed by atoms with E-state index in [4.69, 9.17) is 4.74 Å². The van der Waals surface area contributed by atoms with Gasteiger partial charge in [0.25, 0.3) is 0 Å². The lowest BCUT2D eigenvalue weighted by Gasteiger charge is -2.30. The van der Waals surface area contributed by atoms with E-state index in [1.165, 1.54) is 44.9 Å². The molecule has 0 amide bonds. The molecule has 0 aliphatic heterocycles. The molecule has 0 bridgehead atoms. The molecule has 2 rings (SSSR count). The zero-order valence-electron chi connectivity index (χ0n) is 10.1. The molecule has 2 aliphatic rings. The van der Waals surface area contributed by atoms with Gasteiger partial charge in [-0.1, -0.05) is 19.8 Å². The lowest BCUT2D eigenvalue weighted by atomic mass is 10.0. The largest absolute Gasteiger partial charge is 0.373 e. The second-order valence-electron chi connectivity index (χ2n) is 5.32. The first-order valence-electron chi connectivity index (χ1n) is 6.69. The van der Waals surface area contributed by atoms with E-state index in [2.05, 4.69) is 12.2 Å². The van der Waals surface area contributed by atoms with Gasteiger partial charge in [0.15, 0.2) is 0 Å². The maximum absolute atomic E-state index is 6.20. The number of hydrogen-bond donors (Lipinski definition) is 1. The van der Waals surface area contributed by atoms with E-state index in [0.717, 1.165) is 25.6 Å². The smallest absolute Gasteiger partial charge is 0.0806 e. The van der Waals surface area contributed by atoms with Gasteiger partial charge in [-0.05, 0) is 44.6 Å². The minimum absolute atomic E-state index is 0.206. The van der Waals surface area contributed by atoms with Crippen LogP contribution in [0, 0.1) is 5.92 Å². The topological polar surface area (TPSA) is 21.3 Å². The Kier molecular flexibility index (Phi) is 4.04. The molecule has 0 aromatic rings. The van der Waals surface area contributed by atoms with Crippen LogP contribution < -0.4 is 5.32 Å². The Balaban J connectivity index is 1.73. The van der Waals surface area contributed by atoms with E-state index in [1.54, 1.807) is 0 Å². The average Bonchev–Trinajstić information content (AvgIpc) is 2.97. The van der Waals surface area contributed by atoms with Crippen LogP contribution in [-0.4, -0.2) is 25.3 Å². The van der Waals surface area contributed by atoms with E-state index in [9.17, 15) is 0 Å². The molecule has 0 aromatic carbocycles. The molecule has 2 heteroatoms. The summed E-state index contributed by atoms with van der Waals surface area (Å²) < 4.78 is 6.20. The molecule has 1 N–H and O–H groups in total. The van der Waals surface area contributed by atoms with Gasteiger partial charge in [-0.2, -0.15) is 0 Å². The van der Waals surface area contributed by atoms with Crippen molar-refractivity contribution in [1.82, 2.24) is 5.32 Å². The monoisotopic (exact) mass is 211 g/mol. The summed E-state index contributed by atoms with van der Waals surface area (Å²) in [5.41, 5.74) is 0.206. The molecule has 2 nitrogen and oxygen atoms in total. The summed E-state index contributed by atoms with van der Waals surface area (Å²) in [6.45, 7) is 5.45. The Hall–Kier alpha value is -0.0800. The van der Waals surface area contributed by atoms with Gasteiger partial charge in [0.1, 0.15) is 0 Å². The number of hydrogen-bond acceptors (Lipinski definition) is 2. The summed E-state index contributed by atoms with van der Waals surface area (Å²) in [4.78, 5) is 0. The van der Waals surface area contributed by atoms with E-state index >= 15 is 0 Å². The SMILES string of the molecule is CCCNCC1(OCC2CC2)CCCC1. The van der Waals surface area contributed by atoms with Gasteiger partial charge in [-0.25, -0.2) is 0 Å². The van der Waals surface area contributed by atoms with Gasteiger partial charge in [0.05, 0.1) is 12.2 Å². The lowest BCUT2D eigenvalue weighted by molar-refractivity contribution is -0.0442. The van der Waals surface area contributed by atoms with Crippen molar-refractivity contribution in [3.8, 4) is 0 Å². The zero-order valence-corrected chi connectivity index (χ0v) is 10.1. The second kappa shape index (κ2) is 5.31. The first-order valence-corrected chi connectivity index (χ1v) is 6.69. The van der Waals surface area contributed by atoms with Gasteiger partial charge in [-0.3, -0.25) is 0 Å². The molecular weight excluding hydrogens is 186 g/mol. The van der Waals surface area contributed by atoms with Crippen LogP contribution in [-0.2, 0) is 4.74 Å². The molecule has 0 unspecified atom stereocenters. The molecule has 15 heavy (non-hydrogen) atoms. The molecule has 2 aliphatic carbocycles. The summed E-state index contributed by atoms with van der Waals surface area (Å²) in [5, 5.41) is 3.54. The third kappa shape index (κ3) is 3.46. The molecular formula is C13H25NO. The van der Waals surface area contributed by atoms with E-state index < -0.39 is 0 Å². The molecule has 88 valence electrons. The van der Waals surface area contributed by atoms with Gasteiger partial charge in [-0.15, -0.1) is 0 Å². The Morgan fingerprint density at radius 2 is 2.00 bits per heavy atom. The Morgan fingerprint density at radius 3 is 2.60 bits per heavy atom. The Morgan fingerprint density at radius 1 is 1.27 bits per heavy atom. The number of ether oxygens (including phenoxy) is 1. The normalized spacial score (nSPS) is 24.6. The lowest BCUT2D eigenvalue weighted by Crippen LogP contribution is -2.41. The van der Waals surface area contributed by atoms with Crippen LogP contribution in [0.3, 0.4) is 0 Å². The quantitative estimate of drug-likeness (QED) is 0.654. The number of rotatable bonds is 7. The van der Waals surface area contributed by atoms with E-state index in [0.29, 0.717) is 0 Å². The van der Waals surface area contributed by atoms with Crippen molar-refractivity contribution in [1.29, 1.82) is 0 Å². The standard InChI is InChI=1S/C13H25NO/c1-2-9-14-11-13(7-3-4-8-13)15-10-12-5-6-12/h12,14H,2-11H2,1H3. The van der Waals surface area contributed by atoms with Crippen LogP contribution in [0.5, 0.6) is 0 Å². The fourth-order valence-electron chi connectivity index (χ4n) is 2.46. The Bertz CT molecular complexity index is 183. The molecule has 0 heterocycles. The van der Waals surface area contributed by atoms with Crippen molar-refractivity contribution in [2.24, 2.45) is 5.92 Å². The van der Waals surface area contributed by atoms with Gasteiger partial charge >= 0.3 is 0 Å². The van der Waals surface area contributed by atoms with Crippen molar-refractivity contribution in [2.75, 3.05) is 19.7 Å². The van der Waals surface area contributed by atoms with Gasteiger partial charge < -0.3 is 10.1 Å². The first kappa shape index (κ1) is 11.4. The summed E-state index contributed by atoms with van der Waals surface area (Å²) in [5.74, 6) is 0.897. The summed E-state index contributed by atoms with van der Waals surface area (Å²) in [6, 6.07) is 0. The maximum atomic E-state index is 6.20. The molecule has 0 spiro atoms. The minimum Gasteiger partial charge on any atom is -0.373 e. The first-order chi connectivity index (χ1) is 7.35. The highest BCUT2D eigenvalue weighted by atomic mass is 16.5. The molecule has 0 aromatic heterocycles. The molecule has 0 atom stereocenters. The highest BCUT2D eigenvalue weighted by molar-refractivity contribution is 4.89. The highest BCUT2D eigenvalue weighted by Gasteiger charge is 2.36. The van der Waals surface area contributed by atoms with Crippen molar-refractivity contribution < 1.29 is 4.74 Å². The summed E-state index contributed by atoms with van der Waals surface area (Å²) >= 11 is 0. The predicted octanol–water partition coefficient (Wildman–Crippen LogP) is 2.73. The third-order valence-corrected chi connectivity index (χ3v) is 3.71. The van der Waals surface area contributed by atoms with Crippen LogP contribution in [0.25, 0.3) is 0 Å². The Labute approximate surface area is 93.8 Å². The van der Waals surface area contributed by atoms with E-state index in [1.807, 2.05) is 0 Å². The zero-order chi connectivity index (χ0) is 10.6. The van der Waals surface area contributed by atoms with Crippen LogP contribution in [0.4, 0.5) is 0 Å². The molecule has 2 saturated carbocycles. The van der Waals surface area contributed by atoms with Crippen LogP contribution in [0.15, 0.2) is 0 Å². The average molecular weight is 211 g/mol. The fraction of sp³-hybridized carbons (Fsp3) is 1.00. The predicted molar refractivity (Wildman–Crippen MR) is 63.0 cm³/mol. The highest BCUT2D eigenvalue weighted by Crippen LogP contribution is 2.36. The van der Waals surface area contributed by atoms with Gasteiger partial charge in [0.2, 0.25) is 0 Å². The summed E-state index contributed by atoms with van der Waals surface area (Å²) in [7, 11) is 0. The summed E-state index contributed by atoms with van der Waals surface area (Å²) in [6.07, 6.45) is 9.29. The molecule has 0 saturated heterocycles. The van der Waals surface area contributed by atoms with E-state index in [-0.39, 0.29) is 5.60 Å². The van der Waals surface area contributed by atoms with Crippen molar-refractivity contribution in [2.45, 2.75) is 57.5 Å². The fourth-order valence-corrected chi connectivity index (χ4v) is 2.46. The molecule has 0 radical (unpaired) electrons. The third-order valence-electron chi connectivity index (χ3n) is 3.71. The van der Waals surface area contributed by atoms with Crippen molar-refractivity contribution >= 4 is 0 Å². The second-order valence-corrected chi connectivity index (χ2v) is 5.32. The molecule has 2 fully saturated rings. The van der Waals surface area contributed by atoms with Crippen LogP contribution in [0.1, 0.15) is 51.9 Å². The van der Waals surface area contributed by atoms with Crippen molar-refractivity contribution in [3.63, 3.8) is 0 Å². The van der Waals surface area contributed by atoms with Crippen LogP contribution in [0.2, 0.25) is 0 Å². The van der Waals surface area contributed by atoms with Crippen LogP contribution >= 0.6 is 0 Å². The van der Waals surface area contributed by atoms with Gasteiger partial charge in [0, 0.05) is 6.54 Å². The number of nitrogens with one attached hydrogen (secondary N) is 1. The minimum atomic E-state index is 0.206. The van der Waals surface area contributed by atoms with Crippen molar-refractivity contribution in [3.05, 3.63) is 0 Å².